The lowest BCUT2D eigenvalue weighted by atomic mass is 9.90. The molecule has 2 rings (SSSR count). The molecule has 0 radical (unpaired) electrons. The summed E-state index contributed by atoms with van der Waals surface area (Å²) in [6.07, 6.45) is -3.21. The molecule has 1 aliphatic heterocycles. The second-order valence-corrected chi connectivity index (χ2v) is 12.0. The van der Waals surface area contributed by atoms with Crippen molar-refractivity contribution in [1.82, 2.24) is 5.16 Å². The molecule has 31 heavy (non-hydrogen) atoms. The molecule has 1 aromatic rings. The van der Waals surface area contributed by atoms with Crippen LogP contribution in [0.1, 0.15) is 65.5 Å². The van der Waals surface area contributed by atoms with Gasteiger partial charge in [-0.25, -0.2) is 8.42 Å². The molecule has 1 saturated heterocycles. The summed E-state index contributed by atoms with van der Waals surface area (Å²) in [5, 5.41) is 6.96. The van der Waals surface area contributed by atoms with E-state index in [2.05, 4.69) is 10.5 Å². The van der Waals surface area contributed by atoms with Crippen LogP contribution in [-0.4, -0.2) is 56.3 Å². The Kier molecular flexibility index (Phi) is 8.43. The molecule has 0 aromatic carbocycles. The van der Waals surface area contributed by atoms with Gasteiger partial charge in [0.2, 0.25) is 5.88 Å². The highest BCUT2D eigenvalue weighted by Crippen LogP contribution is 2.28. The predicted octanol–water partition coefficient (Wildman–Crippen LogP) is 4.44. The molecule has 0 unspecified atom stereocenters. The molecule has 1 aromatic heterocycles. The second kappa shape index (κ2) is 10.1. The fourth-order valence-electron chi connectivity index (χ4n) is 3.04. The van der Waals surface area contributed by atoms with Crippen molar-refractivity contribution in [1.29, 1.82) is 0 Å². The summed E-state index contributed by atoms with van der Waals surface area (Å²) in [4.78, 5) is 0. The number of sulfone groups is 1. The molecule has 1 N–H and O–H groups in total. The Hall–Kier alpha value is -1.33. The van der Waals surface area contributed by atoms with Gasteiger partial charge >= 0.3 is 6.18 Å². The van der Waals surface area contributed by atoms with Gasteiger partial charge in [0.05, 0.1) is 22.8 Å². The SMILES string of the molecule is CC(C)(CO[C@@H]1CCCCO1)c1cc(NCC(C)(C)S(=O)(=O)CCCC(F)(F)F)on1. The molecule has 0 spiro atoms. The van der Waals surface area contributed by atoms with Crippen molar-refractivity contribution < 1.29 is 35.6 Å². The van der Waals surface area contributed by atoms with E-state index in [1.54, 1.807) is 6.07 Å². The van der Waals surface area contributed by atoms with E-state index in [-0.39, 0.29) is 18.7 Å². The number of ether oxygens (including phenoxy) is 2. The summed E-state index contributed by atoms with van der Waals surface area (Å²) in [7, 11) is -3.75. The van der Waals surface area contributed by atoms with Crippen molar-refractivity contribution in [3.05, 3.63) is 11.8 Å². The highest BCUT2D eigenvalue weighted by molar-refractivity contribution is 7.92. The van der Waals surface area contributed by atoms with Gasteiger partial charge in [0.25, 0.3) is 0 Å². The first kappa shape index (κ1) is 25.9. The smallest absolute Gasteiger partial charge is 0.353 e. The Morgan fingerprint density at radius 2 is 1.94 bits per heavy atom. The van der Waals surface area contributed by atoms with Gasteiger partial charge < -0.3 is 19.3 Å². The average molecular weight is 471 g/mol. The molecular formula is C20H33F3N2O5S. The lowest BCUT2D eigenvalue weighted by Gasteiger charge is -2.28. The first-order valence-corrected chi connectivity index (χ1v) is 12.1. The van der Waals surface area contributed by atoms with E-state index in [9.17, 15) is 21.6 Å². The topological polar surface area (TPSA) is 90.7 Å². The van der Waals surface area contributed by atoms with E-state index in [4.69, 9.17) is 14.0 Å². The van der Waals surface area contributed by atoms with Crippen molar-refractivity contribution in [3.8, 4) is 0 Å². The first-order chi connectivity index (χ1) is 14.2. The Morgan fingerprint density at radius 1 is 1.23 bits per heavy atom. The minimum atomic E-state index is -4.37. The number of nitrogens with one attached hydrogen (secondary N) is 1. The molecule has 0 aliphatic carbocycles. The van der Waals surface area contributed by atoms with Crippen LogP contribution in [0.15, 0.2) is 10.6 Å². The Morgan fingerprint density at radius 3 is 2.55 bits per heavy atom. The van der Waals surface area contributed by atoms with Gasteiger partial charge in [0, 0.05) is 31.1 Å². The van der Waals surface area contributed by atoms with Gasteiger partial charge in [-0.2, -0.15) is 13.2 Å². The average Bonchev–Trinajstić information content (AvgIpc) is 3.14. The molecule has 0 saturated carbocycles. The zero-order valence-corrected chi connectivity index (χ0v) is 19.4. The monoisotopic (exact) mass is 470 g/mol. The van der Waals surface area contributed by atoms with Gasteiger partial charge in [-0.05, 0) is 39.5 Å². The number of anilines is 1. The quantitative estimate of drug-likeness (QED) is 0.511. The van der Waals surface area contributed by atoms with E-state index < -0.39 is 44.8 Å². The summed E-state index contributed by atoms with van der Waals surface area (Å²) in [5.74, 6) is -0.244. The number of halogens is 3. The zero-order chi connectivity index (χ0) is 23.3. The largest absolute Gasteiger partial charge is 0.389 e. The van der Waals surface area contributed by atoms with Crippen LogP contribution in [0.5, 0.6) is 0 Å². The lowest BCUT2D eigenvalue weighted by Crippen LogP contribution is -2.40. The van der Waals surface area contributed by atoms with Crippen LogP contribution in [0.4, 0.5) is 19.1 Å². The van der Waals surface area contributed by atoms with Gasteiger partial charge in [-0.3, -0.25) is 0 Å². The fraction of sp³-hybridized carbons (Fsp3) is 0.850. The van der Waals surface area contributed by atoms with Crippen LogP contribution < -0.4 is 5.32 Å². The third-order valence-electron chi connectivity index (χ3n) is 5.38. The lowest BCUT2D eigenvalue weighted by molar-refractivity contribution is -0.170. The number of nitrogens with zero attached hydrogens (tertiary/aromatic N) is 1. The Balaban J connectivity index is 1.89. The van der Waals surface area contributed by atoms with Crippen LogP contribution in [0.2, 0.25) is 0 Å². The van der Waals surface area contributed by atoms with Gasteiger partial charge in [0.1, 0.15) is 0 Å². The van der Waals surface area contributed by atoms with Crippen molar-refractivity contribution in [2.75, 3.05) is 30.8 Å². The van der Waals surface area contributed by atoms with Crippen molar-refractivity contribution in [2.24, 2.45) is 0 Å². The summed E-state index contributed by atoms with van der Waals surface area (Å²) in [6, 6.07) is 1.68. The number of rotatable bonds is 11. The maximum atomic E-state index is 12.5. The van der Waals surface area contributed by atoms with E-state index in [1.165, 1.54) is 13.8 Å². The standard InChI is InChI=1S/C20H33F3N2O5S/c1-18(2,14-29-17-8-5-6-10-28-17)15-12-16(30-25-15)24-13-19(3,4)31(26,27)11-7-9-20(21,22)23/h12,17,24H,5-11,13-14H2,1-4H3/t17-/m1/s1. The number of alkyl halides is 3. The maximum absolute atomic E-state index is 12.5. The summed E-state index contributed by atoms with van der Waals surface area (Å²) >= 11 is 0. The molecule has 7 nitrogen and oxygen atoms in total. The normalized spacial score (nSPS) is 18.9. The van der Waals surface area contributed by atoms with Crippen molar-refractivity contribution >= 4 is 15.7 Å². The molecule has 0 amide bonds. The second-order valence-electron chi connectivity index (χ2n) is 9.22. The minimum Gasteiger partial charge on any atom is -0.353 e. The third-order valence-corrected chi connectivity index (χ3v) is 8.03. The number of hydrogen-bond acceptors (Lipinski definition) is 7. The zero-order valence-electron chi connectivity index (χ0n) is 18.5. The fourth-order valence-corrected chi connectivity index (χ4v) is 4.41. The molecule has 180 valence electrons. The maximum Gasteiger partial charge on any atom is 0.389 e. The van der Waals surface area contributed by atoms with E-state index in [1.807, 2.05) is 13.8 Å². The van der Waals surface area contributed by atoms with Crippen LogP contribution in [0.25, 0.3) is 0 Å². The van der Waals surface area contributed by atoms with Crippen LogP contribution >= 0.6 is 0 Å². The molecular weight excluding hydrogens is 437 g/mol. The molecule has 1 atom stereocenters. The first-order valence-electron chi connectivity index (χ1n) is 10.5. The van der Waals surface area contributed by atoms with E-state index in [0.717, 1.165) is 19.3 Å². The van der Waals surface area contributed by atoms with Crippen LogP contribution in [0, 0.1) is 0 Å². The highest BCUT2D eigenvalue weighted by atomic mass is 32.2. The highest BCUT2D eigenvalue weighted by Gasteiger charge is 2.36. The predicted molar refractivity (Wildman–Crippen MR) is 111 cm³/mol. The summed E-state index contributed by atoms with van der Waals surface area (Å²) in [5.41, 5.74) is 0.181. The van der Waals surface area contributed by atoms with E-state index >= 15 is 0 Å². The third kappa shape index (κ3) is 7.94. The van der Waals surface area contributed by atoms with Crippen LogP contribution in [0.3, 0.4) is 0 Å². The Labute approximate surface area is 181 Å². The van der Waals surface area contributed by atoms with Gasteiger partial charge in [-0.1, -0.05) is 19.0 Å². The van der Waals surface area contributed by atoms with E-state index in [0.29, 0.717) is 18.9 Å². The number of aromatic nitrogens is 1. The van der Waals surface area contributed by atoms with Gasteiger partial charge in [-0.15, -0.1) is 0 Å². The van der Waals surface area contributed by atoms with Crippen LogP contribution in [-0.2, 0) is 24.7 Å². The Bertz CT molecular complexity index is 800. The summed E-state index contributed by atoms with van der Waals surface area (Å²) in [6.45, 7) is 7.90. The molecule has 1 fully saturated rings. The van der Waals surface area contributed by atoms with Crippen molar-refractivity contribution in [2.45, 2.75) is 82.4 Å². The summed E-state index contributed by atoms with van der Waals surface area (Å²) < 4.78 is 77.3. The molecule has 2 heterocycles. The number of hydrogen-bond donors (Lipinski definition) is 1. The molecule has 1 aliphatic rings. The van der Waals surface area contributed by atoms with Crippen molar-refractivity contribution in [3.63, 3.8) is 0 Å². The molecule has 0 bridgehead atoms. The minimum absolute atomic E-state index is 0.0250. The molecule has 11 heteroatoms. The van der Waals surface area contributed by atoms with Gasteiger partial charge in [0.15, 0.2) is 16.1 Å².